The van der Waals surface area contributed by atoms with Crippen molar-refractivity contribution in [3.8, 4) is 0 Å². The third-order valence-electron chi connectivity index (χ3n) is 4.48. The lowest BCUT2D eigenvalue weighted by Crippen LogP contribution is -2.47. The molecule has 2 aliphatic heterocycles. The third-order valence-corrected chi connectivity index (χ3v) is 4.48. The zero-order chi connectivity index (χ0) is 15.4. The topological polar surface area (TPSA) is 80.5 Å². The summed E-state index contributed by atoms with van der Waals surface area (Å²) in [6.07, 6.45) is 5.08. The highest BCUT2D eigenvalue weighted by atomic mass is 35.5. The lowest BCUT2D eigenvalue weighted by molar-refractivity contribution is -0.132. The third kappa shape index (κ3) is 5.21. The summed E-state index contributed by atoms with van der Waals surface area (Å²) >= 11 is 0. The van der Waals surface area contributed by atoms with Gasteiger partial charge in [-0.15, -0.1) is 24.8 Å². The maximum absolute atomic E-state index is 12.2. The van der Waals surface area contributed by atoms with Gasteiger partial charge in [-0.25, -0.2) is 4.98 Å². The lowest BCUT2D eigenvalue weighted by atomic mass is 10.0. The number of hydrogen-bond acceptors (Lipinski definition) is 5. The summed E-state index contributed by atoms with van der Waals surface area (Å²) in [5, 5.41) is 3.13. The van der Waals surface area contributed by atoms with E-state index in [9.17, 15) is 4.79 Å². The molecule has 0 spiro atoms. The quantitative estimate of drug-likeness (QED) is 0.832. The number of pyridine rings is 1. The first-order chi connectivity index (χ1) is 10.8. The summed E-state index contributed by atoms with van der Waals surface area (Å²) in [5.41, 5.74) is 5.58. The molecule has 24 heavy (non-hydrogen) atoms. The van der Waals surface area contributed by atoms with E-state index in [2.05, 4.69) is 15.2 Å². The Labute approximate surface area is 155 Å². The number of nitrogens with one attached hydrogen (secondary N) is 1. The maximum Gasteiger partial charge on any atom is 0.249 e. The summed E-state index contributed by atoms with van der Waals surface area (Å²) in [6, 6.07) is 6.18. The molecule has 1 amide bonds. The predicted octanol–water partition coefficient (Wildman–Crippen LogP) is 1.52. The van der Waals surface area contributed by atoms with Crippen LogP contribution in [0.15, 0.2) is 24.4 Å². The van der Waals surface area contributed by atoms with Gasteiger partial charge in [0.05, 0.1) is 6.10 Å². The molecule has 136 valence electrons. The Balaban J connectivity index is 0.00000144. The normalized spacial score (nSPS) is 24.0. The molecule has 1 aromatic heterocycles. The molecule has 2 saturated heterocycles. The first-order valence-electron chi connectivity index (χ1n) is 8.08. The number of nitrogens with zero attached hydrogens (tertiary/aromatic N) is 2. The van der Waals surface area contributed by atoms with Gasteiger partial charge in [0.1, 0.15) is 11.9 Å². The van der Waals surface area contributed by atoms with Crippen molar-refractivity contribution >= 4 is 36.5 Å². The van der Waals surface area contributed by atoms with Crippen molar-refractivity contribution in [2.45, 2.75) is 43.9 Å². The fourth-order valence-corrected chi connectivity index (χ4v) is 3.16. The Hall–Kier alpha value is -1.08. The average molecular weight is 377 g/mol. The Morgan fingerprint density at radius 3 is 2.58 bits per heavy atom. The van der Waals surface area contributed by atoms with Gasteiger partial charge in [-0.05, 0) is 37.8 Å². The molecule has 0 unspecified atom stereocenters. The standard InChI is InChI=1S/C16H24N4O2.2ClH/c17-11-13-4-5-14(22-13)16(21)19-12-6-9-20(10-7-12)15-3-1-2-8-18-15;;/h1-3,8,12-14H,4-7,9-11,17H2,(H,19,21);2*1H/t13-,14+;;/m1../s1. The monoisotopic (exact) mass is 376 g/mol. The Bertz CT molecular complexity index is 498. The van der Waals surface area contributed by atoms with Crippen molar-refractivity contribution in [1.82, 2.24) is 10.3 Å². The number of anilines is 1. The van der Waals surface area contributed by atoms with Crippen LogP contribution in [0.2, 0.25) is 0 Å². The van der Waals surface area contributed by atoms with Crippen LogP contribution in [0.25, 0.3) is 0 Å². The van der Waals surface area contributed by atoms with Crippen LogP contribution in [-0.2, 0) is 9.53 Å². The molecule has 3 heterocycles. The zero-order valence-corrected chi connectivity index (χ0v) is 15.2. The van der Waals surface area contributed by atoms with E-state index in [0.717, 1.165) is 44.6 Å². The molecule has 0 aromatic carbocycles. The molecule has 0 aliphatic carbocycles. The molecule has 3 N–H and O–H groups in total. The van der Waals surface area contributed by atoms with Crippen molar-refractivity contribution in [3.63, 3.8) is 0 Å². The van der Waals surface area contributed by atoms with Crippen LogP contribution in [0.4, 0.5) is 5.82 Å². The van der Waals surface area contributed by atoms with E-state index >= 15 is 0 Å². The summed E-state index contributed by atoms with van der Waals surface area (Å²) in [4.78, 5) is 18.9. The Kier molecular flexibility index (Phi) is 8.76. The van der Waals surface area contributed by atoms with E-state index in [1.54, 1.807) is 0 Å². The van der Waals surface area contributed by atoms with Gasteiger partial charge in [0.2, 0.25) is 5.91 Å². The van der Waals surface area contributed by atoms with Gasteiger partial charge < -0.3 is 20.7 Å². The second-order valence-electron chi connectivity index (χ2n) is 6.02. The minimum absolute atomic E-state index is 0. The second kappa shape index (κ2) is 10.0. The van der Waals surface area contributed by atoms with Crippen LogP contribution in [0.5, 0.6) is 0 Å². The fraction of sp³-hybridized carbons (Fsp3) is 0.625. The van der Waals surface area contributed by atoms with Crippen molar-refractivity contribution < 1.29 is 9.53 Å². The number of nitrogens with two attached hydrogens (primary N) is 1. The van der Waals surface area contributed by atoms with Crippen LogP contribution >= 0.6 is 24.8 Å². The summed E-state index contributed by atoms with van der Waals surface area (Å²) < 4.78 is 5.65. The van der Waals surface area contributed by atoms with Crippen LogP contribution < -0.4 is 16.0 Å². The molecule has 0 bridgehead atoms. The molecule has 2 aliphatic rings. The molecular weight excluding hydrogens is 351 g/mol. The number of ether oxygens (including phenoxy) is 1. The summed E-state index contributed by atoms with van der Waals surface area (Å²) in [5.74, 6) is 1.03. The lowest BCUT2D eigenvalue weighted by Gasteiger charge is -2.33. The zero-order valence-electron chi connectivity index (χ0n) is 13.6. The number of halogens is 2. The molecular formula is C16H26Cl2N4O2. The van der Waals surface area contributed by atoms with Gasteiger partial charge in [0.25, 0.3) is 0 Å². The van der Waals surface area contributed by atoms with Gasteiger partial charge in [-0.2, -0.15) is 0 Å². The van der Waals surface area contributed by atoms with E-state index in [1.165, 1.54) is 0 Å². The highest BCUT2D eigenvalue weighted by molar-refractivity contribution is 5.85. The SMILES string of the molecule is Cl.Cl.NC[C@H]1CC[C@@H](C(=O)NC2CCN(c3ccccn3)CC2)O1. The van der Waals surface area contributed by atoms with E-state index < -0.39 is 0 Å². The number of carbonyl (C=O) groups is 1. The van der Waals surface area contributed by atoms with E-state index in [4.69, 9.17) is 10.5 Å². The Morgan fingerprint density at radius 2 is 2.00 bits per heavy atom. The molecule has 2 fully saturated rings. The van der Waals surface area contributed by atoms with Gasteiger partial charge in [-0.1, -0.05) is 6.07 Å². The molecule has 2 atom stereocenters. The first-order valence-corrected chi connectivity index (χ1v) is 8.08. The van der Waals surface area contributed by atoms with Crippen LogP contribution in [-0.4, -0.2) is 48.8 Å². The van der Waals surface area contributed by atoms with E-state index in [-0.39, 0.29) is 49.0 Å². The summed E-state index contributed by atoms with van der Waals surface area (Å²) in [7, 11) is 0. The summed E-state index contributed by atoms with van der Waals surface area (Å²) in [6.45, 7) is 2.32. The number of hydrogen-bond donors (Lipinski definition) is 2. The number of aromatic nitrogens is 1. The molecule has 6 nitrogen and oxygen atoms in total. The van der Waals surface area contributed by atoms with Crippen LogP contribution in [0.1, 0.15) is 25.7 Å². The highest BCUT2D eigenvalue weighted by Crippen LogP contribution is 2.21. The Morgan fingerprint density at radius 1 is 1.25 bits per heavy atom. The predicted molar refractivity (Wildman–Crippen MR) is 99.1 cm³/mol. The van der Waals surface area contributed by atoms with Gasteiger partial charge in [0, 0.05) is 31.9 Å². The maximum atomic E-state index is 12.2. The molecule has 8 heteroatoms. The van der Waals surface area contributed by atoms with Gasteiger partial charge in [0.15, 0.2) is 0 Å². The van der Waals surface area contributed by atoms with E-state index in [1.807, 2.05) is 24.4 Å². The van der Waals surface area contributed by atoms with Crippen LogP contribution in [0, 0.1) is 0 Å². The van der Waals surface area contributed by atoms with Crippen molar-refractivity contribution in [1.29, 1.82) is 0 Å². The van der Waals surface area contributed by atoms with E-state index in [0.29, 0.717) is 6.54 Å². The average Bonchev–Trinajstić information content (AvgIpc) is 3.06. The number of rotatable bonds is 4. The van der Waals surface area contributed by atoms with Crippen molar-refractivity contribution in [2.24, 2.45) is 5.73 Å². The van der Waals surface area contributed by atoms with Gasteiger partial charge >= 0.3 is 0 Å². The fourth-order valence-electron chi connectivity index (χ4n) is 3.16. The molecule has 3 rings (SSSR count). The second-order valence-corrected chi connectivity index (χ2v) is 6.02. The van der Waals surface area contributed by atoms with Gasteiger partial charge in [-0.3, -0.25) is 4.79 Å². The van der Waals surface area contributed by atoms with Crippen molar-refractivity contribution in [3.05, 3.63) is 24.4 Å². The molecule has 0 radical (unpaired) electrons. The largest absolute Gasteiger partial charge is 0.364 e. The van der Waals surface area contributed by atoms with Crippen molar-refractivity contribution in [2.75, 3.05) is 24.5 Å². The molecule has 0 saturated carbocycles. The highest BCUT2D eigenvalue weighted by Gasteiger charge is 2.31. The number of carbonyl (C=O) groups excluding carboxylic acids is 1. The smallest absolute Gasteiger partial charge is 0.249 e. The number of amides is 1. The first kappa shape index (κ1) is 21.0. The van der Waals surface area contributed by atoms with Crippen LogP contribution in [0.3, 0.4) is 0 Å². The molecule has 1 aromatic rings. The minimum Gasteiger partial charge on any atom is -0.364 e. The number of piperidine rings is 1. The minimum atomic E-state index is -0.317.